The first-order valence-corrected chi connectivity index (χ1v) is 7.34. The summed E-state index contributed by atoms with van der Waals surface area (Å²) in [7, 11) is 0. The minimum atomic E-state index is 0.388. The summed E-state index contributed by atoms with van der Waals surface area (Å²) in [5, 5.41) is 0. The van der Waals surface area contributed by atoms with Crippen molar-refractivity contribution in [2.75, 3.05) is 26.3 Å². The smallest absolute Gasteiger partial charge is 0.119 e. The number of rotatable bonds is 3. The van der Waals surface area contributed by atoms with E-state index in [9.17, 15) is 0 Å². The van der Waals surface area contributed by atoms with Crippen LogP contribution in [0, 0.1) is 0 Å². The summed E-state index contributed by atoms with van der Waals surface area (Å²) in [6.07, 6.45) is 2.69. The molecule has 0 aromatic heterocycles. The standard InChI is InChI=1S/C14H18BrNO2/c15-11-1-3-13(4-2-11)18-14-9-12(10-14)16-5-7-17-8-6-16/h1-4,12,14H,5-10H2. The first-order chi connectivity index (χ1) is 8.81. The van der Waals surface area contributed by atoms with Crippen molar-refractivity contribution in [3.05, 3.63) is 28.7 Å². The highest BCUT2D eigenvalue weighted by molar-refractivity contribution is 9.10. The maximum Gasteiger partial charge on any atom is 0.119 e. The molecule has 0 bridgehead atoms. The van der Waals surface area contributed by atoms with Gasteiger partial charge in [-0.15, -0.1) is 0 Å². The third kappa shape index (κ3) is 2.87. The Labute approximate surface area is 116 Å². The van der Waals surface area contributed by atoms with Crippen LogP contribution in [0.15, 0.2) is 28.7 Å². The summed E-state index contributed by atoms with van der Waals surface area (Å²) in [5.74, 6) is 0.976. The molecule has 2 aliphatic rings. The van der Waals surface area contributed by atoms with Crippen molar-refractivity contribution in [1.29, 1.82) is 0 Å². The Kier molecular flexibility index (Phi) is 3.87. The van der Waals surface area contributed by atoms with Crippen molar-refractivity contribution in [3.8, 4) is 5.75 Å². The first-order valence-electron chi connectivity index (χ1n) is 6.55. The molecule has 1 heterocycles. The molecule has 1 saturated carbocycles. The molecule has 3 rings (SSSR count). The molecule has 0 amide bonds. The van der Waals surface area contributed by atoms with Gasteiger partial charge >= 0.3 is 0 Å². The summed E-state index contributed by atoms with van der Waals surface area (Å²) in [4.78, 5) is 2.53. The Morgan fingerprint density at radius 2 is 1.78 bits per heavy atom. The van der Waals surface area contributed by atoms with E-state index < -0.39 is 0 Å². The number of halogens is 1. The summed E-state index contributed by atoms with van der Waals surface area (Å²) in [5.41, 5.74) is 0. The van der Waals surface area contributed by atoms with Gasteiger partial charge in [0.05, 0.1) is 13.2 Å². The van der Waals surface area contributed by atoms with E-state index >= 15 is 0 Å². The van der Waals surface area contributed by atoms with Crippen molar-refractivity contribution in [1.82, 2.24) is 4.90 Å². The zero-order chi connectivity index (χ0) is 12.4. The van der Waals surface area contributed by atoms with Crippen LogP contribution in [0.4, 0.5) is 0 Å². The summed E-state index contributed by atoms with van der Waals surface area (Å²) in [6.45, 7) is 3.93. The predicted octanol–water partition coefficient (Wildman–Crippen LogP) is 2.69. The zero-order valence-electron chi connectivity index (χ0n) is 10.3. The molecule has 1 aliphatic carbocycles. The third-order valence-corrected chi connectivity index (χ3v) is 4.28. The average Bonchev–Trinajstić information content (AvgIpc) is 2.36. The number of nitrogens with zero attached hydrogens (tertiary/aromatic N) is 1. The monoisotopic (exact) mass is 311 g/mol. The summed E-state index contributed by atoms with van der Waals surface area (Å²) in [6, 6.07) is 8.79. The molecule has 1 aromatic carbocycles. The Morgan fingerprint density at radius 1 is 1.11 bits per heavy atom. The van der Waals surface area contributed by atoms with Crippen LogP contribution in [-0.4, -0.2) is 43.3 Å². The van der Waals surface area contributed by atoms with Gasteiger partial charge in [0.25, 0.3) is 0 Å². The van der Waals surface area contributed by atoms with Crippen LogP contribution in [0.25, 0.3) is 0 Å². The molecule has 98 valence electrons. The maximum absolute atomic E-state index is 5.95. The van der Waals surface area contributed by atoms with Gasteiger partial charge in [-0.3, -0.25) is 4.90 Å². The number of benzene rings is 1. The number of morpholine rings is 1. The normalized spacial score (nSPS) is 28.7. The molecular weight excluding hydrogens is 294 g/mol. The Balaban J connectivity index is 1.46. The van der Waals surface area contributed by atoms with E-state index in [0.717, 1.165) is 49.4 Å². The van der Waals surface area contributed by atoms with Gasteiger partial charge in [0.2, 0.25) is 0 Å². The van der Waals surface area contributed by atoms with Crippen LogP contribution in [-0.2, 0) is 4.74 Å². The lowest BCUT2D eigenvalue weighted by molar-refractivity contribution is -0.0373. The summed E-state index contributed by atoms with van der Waals surface area (Å²) < 4.78 is 12.4. The second-order valence-corrected chi connectivity index (χ2v) is 5.88. The van der Waals surface area contributed by atoms with Crippen molar-refractivity contribution < 1.29 is 9.47 Å². The predicted molar refractivity (Wildman–Crippen MR) is 74.0 cm³/mol. The fourth-order valence-corrected chi connectivity index (χ4v) is 2.84. The van der Waals surface area contributed by atoms with Crippen LogP contribution in [0.1, 0.15) is 12.8 Å². The molecule has 3 nitrogen and oxygen atoms in total. The fourth-order valence-electron chi connectivity index (χ4n) is 2.58. The molecule has 0 N–H and O–H groups in total. The summed E-state index contributed by atoms with van der Waals surface area (Å²) >= 11 is 3.43. The highest BCUT2D eigenvalue weighted by Gasteiger charge is 2.35. The van der Waals surface area contributed by atoms with E-state index in [1.165, 1.54) is 0 Å². The minimum absolute atomic E-state index is 0.388. The van der Waals surface area contributed by atoms with Gasteiger partial charge in [-0.25, -0.2) is 0 Å². The molecular formula is C14H18BrNO2. The molecule has 1 aliphatic heterocycles. The molecule has 2 fully saturated rings. The Bertz CT molecular complexity index is 383. The Morgan fingerprint density at radius 3 is 2.44 bits per heavy atom. The van der Waals surface area contributed by atoms with E-state index in [1.807, 2.05) is 24.3 Å². The van der Waals surface area contributed by atoms with Crippen LogP contribution in [0.3, 0.4) is 0 Å². The van der Waals surface area contributed by atoms with Gasteiger partial charge < -0.3 is 9.47 Å². The van der Waals surface area contributed by atoms with E-state index in [-0.39, 0.29) is 0 Å². The van der Waals surface area contributed by atoms with Crippen LogP contribution >= 0.6 is 15.9 Å². The number of hydrogen-bond acceptors (Lipinski definition) is 3. The molecule has 0 atom stereocenters. The minimum Gasteiger partial charge on any atom is -0.490 e. The van der Waals surface area contributed by atoms with Crippen molar-refractivity contribution >= 4 is 15.9 Å². The fraction of sp³-hybridized carbons (Fsp3) is 0.571. The first kappa shape index (κ1) is 12.5. The average molecular weight is 312 g/mol. The van der Waals surface area contributed by atoms with Gasteiger partial charge in [0, 0.05) is 36.4 Å². The van der Waals surface area contributed by atoms with Gasteiger partial charge in [0.1, 0.15) is 11.9 Å². The molecule has 0 unspecified atom stereocenters. The highest BCUT2D eigenvalue weighted by Crippen LogP contribution is 2.30. The lowest BCUT2D eigenvalue weighted by atomic mass is 9.87. The van der Waals surface area contributed by atoms with Crippen LogP contribution < -0.4 is 4.74 Å². The molecule has 1 saturated heterocycles. The van der Waals surface area contributed by atoms with Gasteiger partial charge in [-0.05, 0) is 24.3 Å². The molecule has 4 heteroatoms. The quantitative estimate of drug-likeness (QED) is 0.856. The van der Waals surface area contributed by atoms with E-state index in [2.05, 4.69) is 20.8 Å². The van der Waals surface area contributed by atoms with Gasteiger partial charge in [0.15, 0.2) is 0 Å². The van der Waals surface area contributed by atoms with Crippen molar-refractivity contribution in [3.63, 3.8) is 0 Å². The highest BCUT2D eigenvalue weighted by atomic mass is 79.9. The molecule has 0 radical (unpaired) electrons. The lowest BCUT2D eigenvalue weighted by Gasteiger charge is -2.44. The second-order valence-electron chi connectivity index (χ2n) is 4.97. The zero-order valence-corrected chi connectivity index (χ0v) is 11.9. The van der Waals surface area contributed by atoms with Crippen LogP contribution in [0.2, 0.25) is 0 Å². The molecule has 18 heavy (non-hydrogen) atoms. The van der Waals surface area contributed by atoms with Crippen molar-refractivity contribution in [2.45, 2.75) is 25.0 Å². The van der Waals surface area contributed by atoms with E-state index in [1.54, 1.807) is 0 Å². The topological polar surface area (TPSA) is 21.7 Å². The largest absolute Gasteiger partial charge is 0.490 e. The van der Waals surface area contributed by atoms with Gasteiger partial charge in [-0.1, -0.05) is 15.9 Å². The number of hydrogen-bond donors (Lipinski definition) is 0. The van der Waals surface area contributed by atoms with Crippen molar-refractivity contribution in [2.24, 2.45) is 0 Å². The maximum atomic E-state index is 5.95. The van der Waals surface area contributed by atoms with Gasteiger partial charge in [-0.2, -0.15) is 0 Å². The third-order valence-electron chi connectivity index (χ3n) is 3.75. The lowest BCUT2D eigenvalue weighted by Crippen LogP contribution is -2.52. The SMILES string of the molecule is Brc1ccc(OC2CC(N3CCOCC3)C2)cc1. The van der Waals surface area contributed by atoms with E-state index in [4.69, 9.17) is 9.47 Å². The van der Waals surface area contributed by atoms with Crippen LogP contribution in [0.5, 0.6) is 5.75 Å². The Hall–Kier alpha value is -0.580. The second kappa shape index (κ2) is 5.59. The number of ether oxygens (including phenoxy) is 2. The molecule has 1 aromatic rings. The molecule has 0 spiro atoms. The van der Waals surface area contributed by atoms with E-state index in [0.29, 0.717) is 12.1 Å².